The van der Waals surface area contributed by atoms with Gasteiger partial charge in [0.2, 0.25) is 0 Å². The molecule has 0 aliphatic carbocycles. The Bertz CT molecular complexity index is 7460. The zero-order valence-corrected chi connectivity index (χ0v) is 70.0. The molecule has 0 unspecified atom stereocenters. The van der Waals surface area contributed by atoms with Gasteiger partial charge in [0.1, 0.15) is 5.75 Å². The van der Waals surface area contributed by atoms with E-state index in [1.165, 1.54) is 139 Å². The molecule has 126 heavy (non-hydrogen) atoms. The largest absolute Gasteiger partial charge is 0.534 e. The van der Waals surface area contributed by atoms with Gasteiger partial charge in [-0.3, -0.25) is 0 Å². The van der Waals surface area contributed by atoms with Crippen molar-refractivity contribution in [3.05, 3.63) is 437 Å². The predicted octanol–water partition coefficient (Wildman–Crippen LogP) is 31.5. The van der Waals surface area contributed by atoms with Crippen LogP contribution in [0.3, 0.4) is 0 Å². The lowest BCUT2D eigenvalue weighted by molar-refractivity contribution is -0.0500. The van der Waals surface area contributed by atoms with E-state index in [-0.39, 0.29) is 25.7 Å². The monoisotopic (exact) mass is 1660 g/mol. The first-order valence-corrected chi connectivity index (χ1v) is 43.4. The molecule has 1 saturated heterocycles. The molecular weight excluding hydrogens is 1570 g/mol. The van der Waals surface area contributed by atoms with Gasteiger partial charge in [0.15, 0.2) is 0 Å². The van der Waals surface area contributed by atoms with E-state index in [1.807, 2.05) is 54.6 Å². The molecular formula is C116H88BF3O5S. The molecule has 0 saturated carbocycles. The van der Waals surface area contributed by atoms with Crippen LogP contribution in [0.5, 0.6) is 5.75 Å². The van der Waals surface area contributed by atoms with Gasteiger partial charge in [-0.15, -0.1) is 0 Å². The van der Waals surface area contributed by atoms with Crippen LogP contribution in [0.25, 0.3) is 187 Å². The molecule has 0 aromatic heterocycles. The third-order valence-corrected chi connectivity index (χ3v) is 25.3. The topological polar surface area (TPSA) is 61.8 Å². The van der Waals surface area contributed by atoms with Gasteiger partial charge >= 0.3 is 22.7 Å². The summed E-state index contributed by atoms with van der Waals surface area (Å²) in [5.74, 6) is -0.398. The number of alkyl halides is 3. The number of fused-ring (bicyclic) bond motifs is 6. The van der Waals surface area contributed by atoms with Crippen LogP contribution in [0.15, 0.2) is 437 Å². The molecule has 0 radical (unpaired) electrons. The number of rotatable bonds is 14. The molecule has 21 rings (SSSR count). The maximum Gasteiger partial charge on any atom is 0.534 e. The van der Waals surface area contributed by atoms with E-state index >= 15 is 0 Å². The Hall–Kier alpha value is -14.5. The third kappa shape index (κ3) is 16.6. The SMILES string of the molecule is C.CC1(C)OB(c2cccc(-c3cccc(-c4cccc(-c5ccccc5)c4)c3)c2)OC1(C)C.O=S(=O)(Oc1ccc2cc(-c3c4ccccc4c(-c4ccccc4)c4ccccc34)ccc2c1)C(F)(F)F.c1ccc(-c2cccc(-c3cccc(-c4cccc(-c5ccc6cc(-c7c8ccccc8c(-c8ccccc8)c8ccccc78)ccc6c5)c4)c3)c2)cc1. The quantitative estimate of drug-likeness (QED) is 0.0470. The van der Waals surface area contributed by atoms with Crippen molar-refractivity contribution < 1.29 is 35.1 Å². The lowest BCUT2D eigenvalue weighted by Crippen LogP contribution is -2.41. The summed E-state index contributed by atoms with van der Waals surface area (Å²) in [6.45, 7) is 8.35. The van der Waals surface area contributed by atoms with Gasteiger partial charge in [0.05, 0.1) is 11.2 Å². The van der Waals surface area contributed by atoms with Gasteiger partial charge in [0, 0.05) is 0 Å². The maximum absolute atomic E-state index is 12.8. The van der Waals surface area contributed by atoms with Crippen LogP contribution in [0.2, 0.25) is 0 Å². The normalized spacial score (nSPS) is 12.9. The Morgan fingerprint density at radius 3 is 0.770 bits per heavy atom. The fraction of sp³-hybridized carbons (Fsp3) is 0.0690. The Balaban J connectivity index is 0.000000133. The molecule has 1 heterocycles. The van der Waals surface area contributed by atoms with E-state index in [0.29, 0.717) is 5.39 Å². The van der Waals surface area contributed by atoms with Crippen LogP contribution in [0, 0.1) is 0 Å². The summed E-state index contributed by atoms with van der Waals surface area (Å²) in [6, 6.07) is 152. The average molecular weight is 1660 g/mol. The first-order valence-electron chi connectivity index (χ1n) is 42.0. The zero-order chi connectivity index (χ0) is 85.4. The maximum atomic E-state index is 12.8. The van der Waals surface area contributed by atoms with E-state index in [4.69, 9.17) is 9.31 Å². The van der Waals surface area contributed by atoms with Crippen molar-refractivity contribution in [3.63, 3.8) is 0 Å². The summed E-state index contributed by atoms with van der Waals surface area (Å²) in [7, 11) is -6.11. The van der Waals surface area contributed by atoms with E-state index in [0.717, 1.165) is 60.2 Å². The van der Waals surface area contributed by atoms with Crippen molar-refractivity contribution in [3.8, 4) is 128 Å². The molecule has 10 heteroatoms. The lowest BCUT2D eigenvalue weighted by atomic mass is 9.78. The number of halogens is 3. The van der Waals surface area contributed by atoms with E-state index in [9.17, 15) is 21.6 Å². The predicted molar refractivity (Wildman–Crippen MR) is 522 cm³/mol. The highest BCUT2D eigenvalue weighted by Crippen LogP contribution is 2.48. The first kappa shape index (κ1) is 82.4. The molecule has 1 aliphatic heterocycles. The average Bonchev–Trinajstić information content (AvgIpc) is 0.947. The molecule has 1 fully saturated rings. The number of hydrogen-bond donors (Lipinski definition) is 0. The van der Waals surface area contributed by atoms with Crippen LogP contribution in [0.1, 0.15) is 35.1 Å². The molecule has 1 aliphatic rings. The molecule has 0 bridgehead atoms. The second-order valence-electron chi connectivity index (χ2n) is 32.7. The van der Waals surface area contributed by atoms with Crippen molar-refractivity contribution in [1.82, 2.24) is 0 Å². The van der Waals surface area contributed by atoms with Crippen LogP contribution in [-0.2, 0) is 19.4 Å². The van der Waals surface area contributed by atoms with Crippen LogP contribution in [-0.4, -0.2) is 32.2 Å². The van der Waals surface area contributed by atoms with Gasteiger partial charge in [-0.25, -0.2) is 0 Å². The molecule has 5 nitrogen and oxygen atoms in total. The molecule has 0 amide bonds. The lowest BCUT2D eigenvalue weighted by Gasteiger charge is -2.32. The Morgan fingerprint density at radius 2 is 0.460 bits per heavy atom. The summed E-state index contributed by atoms with van der Waals surface area (Å²) >= 11 is 0. The minimum Gasteiger partial charge on any atom is -0.399 e. The highest BCUT2D eigenvalue weighted by atomic mass is 32.2. The summed E-state index contributed by atoms with van der Waals surface area (Å²) in [4.78, 5) is 0. The van der Waals surface area contributed by atoms with Crippen molar-refractivity contribution in [2.45, 2.75) is 51.8 Å². The highest BCUT2D eigenvalue weighted by Gasteiger charge is 2.52. The Kier molecular flexibility index (Phi) is 22.7. The van der Waals surface area contributed by atoms with E-state index < -0.39 is 21.4 Å². The molecule has 612 valence electrons. The summed E-state index contributed by atoms with van der Waals surface area (Å²) in [5, 5.41) is 13.2. The summed E-state index contributed by atoms with van der Waals surface area (Å²) in [5.41, 5.74) is 21.1. The first-order chi connectivity index (χ1) is 60.8. The van der Waals surface area contributed by atoms with Gasteiger partial charge in [-0.2, -0.15) is 21.6 Å². The molecule has 0 spiro atoms. The minimum absolute atomic E-state index is 0. The zero-order valence-electron chi connectivity index (χ0n) is 69.2. The smallest absolute Gasteiger partial charge is 0.399 e. The van der Waals surface area contributed by atoms with Crippen LogP contribution in [0.4, 0.5) is 13.2 Å². The summed E-state index contributed by atoms with van der Waals surface area (Å²) < 4.78 is 78.0. The molecule has 20 aromatic rings. The van der Waals surface area contributed by atoms with Crippen LogP contribution >= 0.6 is 0 Å². The van der Waals surface area contributed by atoms with E-state index in [2.05, 4.69) is 390 Å². The molecule has 0 atom stereocenters. The van der Waals surface area contributed by atoms with E-state index in [1.54, 1.807) is 12.1 Å². The Morgan fingerprint density at radius 1 is 0.238 bits per heavy atom. The number of benzene rings is 20. The second-order valence-corrected chi connectivity index (χ2v) is 34.3. The van der Waals surface area contributed by atoms with Crippen molar-refractivity contribution in [2.24, 2.45) is 0 Å². The molecule has 20 aromatic carbocycles. The van der Waals surface area contributed by atoms with Crippen molar-refractivity contribution in [2.75, 3.05) is 0 Å². The highest BCUT2D eigenvalue weighted by molar-refractivity contribution is 7.88. The van der Waals surface area contributed by atoms with Gasteiger partial charge in [-0.1, -0.05) is 384 Å². The van der Waals surface area contributed by atoms with Gasteiger partial charge in [-0.05, 0) is 281 Å². The van der Waals surface area contributed by atoms with Crippen molar-refractivity contribution >= 4 is 87.3 Å². The fourth-order valence-corrected chi connectivity index (χ4v) is 17.8. The molecule has 0 N–H and O–H groups in total. The van der Waals surface area contributed by atoms with Crippen molar-refractivity contribution in [1.29, 1.82) is 0 Å². The van der Waals surface area contributed by atoms with Crippen LogP contribution < -0.4 is 9.65 Å². The van der Waals surface area contributed by atoms with Gasteiger partial charge in [0.25, 0.3) is 0 Å². The Labute approximate surface area is 734 Å². The fourth-order valence-electron chi connectivity index (χ4n) is 17.4. The standard InChI is InChI=1S/C54H36.C31H19F3O3S.C30H29BO2.CH4/c1-3-14-37(15-4-1)39-18-11-19-40(32-39)41-20-12-21-42(33-41)43-22-13-23-44(34-43)45-28-29-47-36-48(31-30-46(47)35-45)54-51-26-9-7-24-49(51)53(38-16-5-2-6-17-38)50-25-8-10-27-52(50)54;32-31(33,34)38(35,36)37-24-17-16-21-18-23(15-14-22(21)19-24)30-27-12-6-4-10-25(27)29(20-8-2-1-3-9-20)26-11-5-7-13-28(26)30;1-29(2)30(3,4)33-31(32-29)28-18-10-17-27(21-28)26-16-9-15-25(20-26)24-14-8-13-23(19-24)22-11-6-5-7-12-22;/h1-36H;1-19H;5-21H,1-4H3;1H4. The second kappa shape index (κ2) is 34.7. The van der Waals surface area contributed by atoms with Gasteiger partial charge < -0.3 is 13.5 Å². The number of hydrogen-bond acceptors (Lipinski definition) is 5. The minimum atomic E-state index is -5.75. The third-order valence-electron chi connectivity index (χ3n) is 24.3. The summed E-state index contributed by atoms with van der Waals surface area (Å²) in [6.07, 6.45) is 0.